The van der Waals surface area contributed by atoms with Crippen molar-refractivity contribution in [1.29, 1.82) is 0 Å². The minimum absolute atomic E-state index is 0.225. The van der Waals surface area contributed by atoms with Crippen molar-refractivity contribution < 1.29 is 4.84 Å². The predicted molar refractivity (Wildman–Crippen MR) is 93.3 cm³/mol. The molecule has 0 saturated carbocycles. The summed E-state index contributed by atoms with van der Waals surface area (Å²) in [6.45, 7) is 0.225. The highest BCUT2D eigenvalue weighted by Gasteiger charge is 2.08. The number of amidine groups is 1. The van der Waals surface area contributed by atoms with Crippen molar-refractivity contribution in [2.24, 2.45) is 10.9 Å². The van der Waals surface area contributed by atoms with Crippen LogP contribution in [0.25, 0.3) is 10.9 Å². The lowest BCUT2D eigenvalue weighted by atomic mass is 10.1. The van der Waals surface area contributed by atoms with Crippen LogP contribution in [0.3, 0.4) is 0 Å². The Balaban J connectivity index is 1.71. The normalized spacial score (nSPS) is 11.6. The first-order valence-electron chi connectivity index (χ1n) is 7.24. The van der Waals surface area contributed by atoms with E-state index in [0.29, 0.717) is 17.3 Å². The number of fused-ring (bicyclic) bond motifs is 1. The Morgan fingerprint density at radius 1 is 1.09 bits per heavy atom. The van der Waals surface area contributed by atoms with E-state index in [1.54, 1.807) is 6.20 Å². The van der Waals surface area contributed by atoms with Gasteiger partial charge in [0, 0.05) is 28.6 Å². The molecule has 3 rings (SSSR count). The third-order valence-electron chi connectivity index (χ3n) is 3.44. The van der Waals surface area contributed by atoms with Crippen molar-refractivity contribution in [3.8, 4) is 0 Å². The summed E-state index contributed by atoms with van der Waals surface area (Å²) in [6.07, 6.45) is 2.28. The molecular formula is C18H16ClN3O. The number of pyridine rings is 1. The van der Waals surface area contributed by atoms with Crippen molar-refractivity contribution in [3.05, 3.63) is 76.9 Å². The van der Waals surface area contributed by atoms with E-state index >= 15 is 0 Å². The zero-order valence-electron chi connectivity index (χ0n) is 12.4. The molecule has 5 heteroatoms. The summed E-state index contributed by atoms with van der Waals surface area (Å²) in [5.74, 6) is 0.417. The van der Waals surface area contributed by atoms with Crippen LogP contribution in [0.2, 0.25) is 5.02 Å². The average molecular weight is 326 g/mol. The standard InChI is InChI=1S/C18H16ClN3O/c19-16-9-8-14-7-4-10-21-18(14)15(16)12-23-22-17(20)11-13-5-2-1-3-6-13/h1-10H,11-12H2,(H2,20,22). The first-order valence-corrected chi connectivity index (χ1v) is 7.62. The third-order valence-corrected chi connectivity index (χ3v) is 3.80. The van der Waals surface area contributed by atoms with E-state index in [9.17, 15) is 0 Å². The second kappa shape index (κ2) is 7.11. The minimum Gasteiger partial charge on any atom is -0.389 e. The lowest BCUT2D eigenvalue weighted by Gasteiger charge is -2.07. The van der Waals surface area contributed by atoms with Crippen LogP contribution in [-0.4, -0.2) is 10.8 Å². The lowest BCUT2D eigenvalue weighted by molar-refractivity contribution is 0.130. The van der Waals surface area contributed by atoms with Gasteiger partial charge < -0.3 is 10.6 Å². The largest absolute Gasteiger partial charge is 0.389 e. The molecule has 0 radical (unpaired) electrons. The van der Waals surface area contributed by atoms with Gasteiger partial charge in [-0.3, -0.25) is 4.98 Å². The fourth-order valence-corrected chi connectivity index (χ4v) is 2.54. The molecular weight excluding hydrogens is 310 g/mol. The highest BCUT2D eigenvalue weighted by molar-refractivity contribution is 6.32. The van der Waals surface area contributed by atoms with E-state index in [4.69, 9.17) is 22.2 Å². The maximum absolute atomic E-state index is 6.25. The monoisotopic (exact) mass is 325 g/mol. The van der Waals surface area contributed by atoms with Crippen LogP contribution in [0.5, 0.6) is 0 Å². The average Bonchev–Trinajstić information content (AvgIpc) is 2.58. The Hall–Kier alpha value is -2.59. The fourth-order valence-electron chi connectivity index (χ4n) is 2.34. The number of rotatable bonds is 5. The summed E-state index contributed by atoms with van der Waals surface area (Å²) in [6, 6.07) is 17.5. The second-order valence-corrected chi connectivity index (χ2v) is 5.53. The Bertz CT molecular complexity index is 834. The summed E-state index contributed by atoms with van der Waals surface area (Å²) < 4.78 is 0. The van der Waals surface area contributed by atoms with Crippen LogP contribution in [0.4, 0.5) is 0 Å². The van der Waals surface area contributed by atoms with Gasteiger partial charge in [-0.25, -0.2) is 0 Å². The van der Waals surface area contributed by atoms with Gasteiger partial charge in [-0.05, 0) is 17.7 Å². The first-order chi connectivity index (χ1) is 11.2. The lowest BCUT2D eigenvalue weighted by Crippen LogP contribution is -2.15. The molecule has 23 heavy (non-hydrogen) atoms. The smallest absolute Gasteiger partial charge is 0.145 e. The molecule has 0 aliphatic carbocycles. The number of nitrogens with zero attached hydrogens (tertiary/aromatic N) is 2. The van der Waals surface area contributed by atoms with Crippen molar-refractivity contribution in [2.75, 3.05) is 0 Å². The van der Waals surface area contributed by atoms with Crippen LogP contribution in [0, 0.1) is 0 Å². The van der Waals surface area contributed by atoms with Gasteiger partial charge in [0.2, 0.25) is 0 Å². The molecule has 0 aliphatic rings. The SMILES string of the molecule is N/C(Cc1ccccc1)=N/OCc1c(Cl)ccc2cccnc12. The summed E-state index contributed by atoms with van der Waals surface area (Å²) in [5, 5.41) is 5.59. The van der Waals surface area contributed by atoms with Crippen molar-refractivity contribution >= 4 is 28.3 Å². The van der Waals surface area contributed by atoms with Gasteiger partial charge in [-0.1, -0.05) is 59.2 Å². The molecule has 0 bridgehead atoms. The topological polar surface area (TPSA) is 60.5 Å². The van der Waals surface area contributed by atoms with Crippen LogP contribution >= 0.6 is 11.6 Å². The number of hydrogen-bond acceptors (Lipinski definition) is 3. The quantitative estimate of drug-likeness (QED) is 0.439. The molecule has 0 spiro atoms. The van der Waals surface area contributed by atoms with E-state index < -0.39 is 0 Å². The van der Waals surface area contributed by atoms with E-state index in [1.807, 2.05) is 54.6 Å². The fraction of sp³-hybridized carbons (Fsp3) is 0.111. The van der Waals surface area contributed by atoms with Gasteiger partial charge in [-0.2, -0.15) is 0 Å². The predicted octanol–water partition coefficient (Wildman–Crippen LogP) is 3.92. The number of nitrogens with two attached hydrogens (primary N) is 1. The van der Waals surface area contributed by atoms with Crippen molar-refractivity contribution in [3.63, 3.8) is 0 Å². The van der Waals surface area contributed by atoms with Crippen LogP contribution in [0.15, 0.2) is 65.9 Å². The van der Waals surface area contributed by atoms with Gasteiger partial charge in [0.1, 0.15) is 12.4 Å². The molecule has 2 N–H and O–H groups in total. The van der Waals surface area contributed by atoms with Crippen LogP contribution < -0.4 is 5.73 Å². The van der Waals surface area contributed by atoms with E-state index in [-0.39, 0.29) is 6.61 Å². The third kappa shape index (κ3) is 3.79. The number of halogens is 1. The number of benzene rings is 2. The highest BCUT2D eigenvalue weighted by atomic mass is 35.5. The van der Waals surface area contributed by atoms with Gasteiger partial charge in [0.05, 0.1) is 5.52 Å². The summed E-state index contributed by atoms with van der Waals surface area (Å²) in [5.41, 5.74) is 8.61. The molecule has 1 aromatic heterocycles. The Labute approximate surface area is 139 Å². The van der Waals surface area contributed by atoms with Gasteiger partial charge in [0.15, 0.2) is 0 Å². The summed E-state index contributed by atoms with van der Waals surface area (Å²) in [7, 11) is 0. The molecule has 0 atom stereocenters. The molecule has 0 fully saturated rings. The molecule has 0 unspecified atom stereocenters. The van der Waals surface area contributed by atoms with E-state index in [2.05, 4.69) is 10.1 Å². The molecule has 3 aromatic rings. The maximum atomic E-state index is 6.25. The molecule has 2 aromatic carbocycles. The summed E-state index contributed by atoms with van der Waals surface area (Å²) in [4.78, 5) is 9.74. The molecule has 4 nitrogen and oxygen atoms in total. The van der Waals surface area contributed by atoms with Crippen LogP contribution in [0.1, 0.15) is 11.1 Å². The molecule has 0 aliphatic heterocycles. The van der Waals surface area contributed by atoms with Crippen LogP contribution in [-0.2, 0) is 17.9 Å². The number of oxime groups is 1. The maximum Gasteiger partial charge on any atom is 0.145 e. The summed E-state index contributed by atoms with van der Waals surface area (Å²) >= 11 is 6.25. The van der Waals surface area contributed by atoms with E-state index in [1.165, 1.54) is 0 Å². The number of aromatic nitrogens is 1. The van der Waals surface area contributed by atoms with Gasteiger partial charge in [-0.15, -0.1) is 0 Å². The minimum atomic E-state index is 0.225. The second-order valence-electron chi connectivity index (χ2n) is 5.12. The van der Waals surface area contributed by atoms with E-state index in [0.717, 1.165) is 22.0 Å². The van der Waals surface area contributed by atoms with Crippen molar-refractivity contribution in [2.45, 2.75) is 13.0 Å². The Morgan fingerprint density at radius 3 is 2.74 bits per heavy atom. The van der Waals surface area contributed by atoms with Crippen molar-refractivity contribution in [1.82, 2.24) is 4.98 Å². The molecule has 116 valence electrons. The Morgan fingerprint density at radius 2 is 1.91 bits per heavy atom. The number of hydrogen-bond donors (Lipinski definition) is 1. The van der Waals surface area contributed by atoms with Gasteiger partial charge >= 0.3 is 0 Å². The Kier molecular flexibility index (Phi) is 4.74. The first kappa shape index (κ1) is 15.3. The zero-order valence-corrected chi connectivity index (χ0v) is 13.2. The molecule has 0 amide bonds. The highest BCUT2D eigenvalue weighted by Crippen LogP contribution is 2.25. The van der Waals surface area contributed by atoms with Gasteiger partial charge in [0.25, 0.3) is 0 Å². The molecule has 0 saturated heterocycles. The molecule has 1 heterocycles. The zero-order chi connectivity index (χ0) is 16.1.